The van der Waals surface area contributed by atoms with E-state index in [0.717, 1.165) is 30.8 Å². The van der Waals surface area contributed by atoms with Crippen LogP contribution in [0.5, 0.6) is 0 Å². The van der Waals surface area contributed by atoms with Gasteiger partial charge in [0.25, 0.3) is 0 Å². The van der Waals surface area contributed by atoms with Gasteiger partial charge in [0.2, 0.25) is 0 Å². The Morgan fingerprint density at radius 3 is 2.75 bits per heavy atom. The fourth-order valence-corrected chi connectivity index (χ4v) is 2.20. The molecule has 6 heteroatoms. The highest BCUT2D eigenvalue weighted by Gasteiger charge is 2.19. The number of carbonyl (C=O) groups is 1. The molecule has 0 bridgehead atoms. The summed E-state index contributed by atoms with van der Waals surface area (Å²) in [4.78, 5) is 18.6. The average molecular weight is 302 g/mol. The number of aliphatic carboxylic acids is 1. The van der Waals surface area contributed by atoms with Crippen LogP contribution in [0, 0.1) is 5.92 Å². The van der Waals surface area contributed by atoms with E-state index in [-0.39, 0.29) is 0 Å². The van der Waals surface area contributed by atoms with Crippen molar-refractivity contribution in [2.24, 2.45) is 5.92 Å². The largest absolute Gasteiger partial charge is 0.480 e. The number of aromatic amines is 1. The van der Waals surface area contributed by atoms with Crippen LogP contribution in [-0.2, 0) is 17.8 Å². The number of aryl methyl sites for hydroxylation is 1. The minimum absolute atomic E-state index is 0.320. The molecule has 0 fully saturated rings. The number of unbranched alkanes of at least 4 members (excludes halogenated alkanes) is 1. The third kappa shape index (κ3) is 5.51. The van der Waals surface area contributed by atoms with Gasteiger partial charge < -0.3 is 10.1 Å². The fraction of sp³-hybridized carbons (Fsp3) is 0.714. The molecule has 20 heavy (non-hydrogen) atoms. The average Bonchev–Trinajstić information content (AvgIpc) is 2.72. The SMILES string of the molecule is CCCCc1nc(Cl)c(CNC(CC(C)C)C(=O)O)[nH]1. The third-order valence-electron chi connectivity index (χ3n) is 3.07. The molecule has 1 rings (SSSR count). The molecule has 1 heterocycles. The molecule has 0 saturated heterocycles. The number of H-pyrrole nitrogens is 1. The second-order valence-corrected chi connectivity index (χ2v) is 5.82. The van der Waals surface area contributed by atoms with Crippen molar-refractivity contribution in [1.82, 2.24) is 15.3 Å². The van der Waals surface area contributed by atoms with Gasteiger partial charge in [-0.2, -0.15) is 0 Å². The summed E-state index contributed by atoms with van der Waals surface area (Å²) in [7, 11) is 0. The Morgan fingerprint density at radius 2 is 2.20 bits per heavy atom. The van der Waals surface area contributed by atoms with Gasteiger partial charge in [-0.1, -0.05) is 38.8 Å². The van der Waals surface area contributed by atoms with Crippen LogP contribution in [0.2, 0.25) is 5.15 Å². The smallest absolute Gasteiger partial charge is 0.320 e. The van der Waals surface area contributed by atoms with Gasteiger partial charge in [0.15, 0.2) is 5.15 Å². The number of hydrogen-bond donors (Lipinski definition) is 3. The van der Waals surface area contributed by atoms with Crippen molar-refractivity contribution in [3.63, 3.8) is 0 Å². The topological polar surface area (TPSA) is 78.0 Å². The fourth-order valence-electron chi connectivity index (χ4n) is 1.99. The summed E-state index contributed by atoms with van der Waals surface area (Å²) in [6, 6.07) is -0.562. The van der Waals surface area contributed by atoms with Gasteiger partial charge in [-0.25, -0.2) is 4.98 Å². The highest BCUT2D eigenvalue weighted by Crippen LogP contribution is 2.15. The molecule has 0 amide bonds. The maximum absolute atomic E-state index is 11.2. The van der Waals surface area contributed by atoms with Crippen LogP contribution in [0.15, 0.2) is 0 Å². The minimum atomic E-state index is -0.833. The molecule has 114 valence electrons. The van der Waals surface area contributed by atoms with E-state index in [4.69, 9.17) is 16.7 Å². The first kappa shape index (κ1) is 17.0. The van der Waals surface area contributed by atoms with Crippen LogP contribution in [0.4, 0.5) is 0 Å². The lowest BCUT2D eigenvalue weighted by Crippen LogP contribution is -2.37. The number of rotatable bonds is 9. The molecule has 0 saturated carbocycles. The van der Waals surface area contributed by atoms with Gasteiger partial charge in [-0.05, 0) is 18.8 Å². The van der Waals surface area contributed by atoms with Gasteiger partial charge in [0, 0.05) is 13.0 Å². The Kier molecular flexibility index (Phi) is 7.02. The molecule has 5 nitrogen and oxygen atoms in total. The minimum Gasteiger partial charge on any atom is -0.480 e. The van der Waals surface area contributed by atoms with Gasteiger partial charge in [-0.3, -0.25) is 10.1 Å². The summed E-state index contributed by atoms with van der Waals surface area (Å²) in [5.41, 5.74) is 0.757. The second-order valence-electron chi connectivity index (χ2n) is 5.46. The highest BCUT2D eigenvalue weighted by molar-refractivity contribution is 6.30. The van der Waals surface area contributed by atoms with Gasteiger partial charge in [0.1, 0.15) is 11.9 Å². The zero-order valence-electron chi connectivity index (χ0n) is 12.4. The van der Waals surface area contributed by atoms with Crippen molar-refractivity contribution in [1.29, 1.82) is 0 Å². The quantitative estimate of drug-likeness (QED) is 0.655. The Bertz CT molecular complexity index is 432. The van der Waals surface area contributed by atoms with Crippen molar-refractivity contribution in [3.8, 4) is 0 Å². The van der Waals surface area contributed by atoms with Gasteiger partial charge in [0.05, 0.1) is 5.69 Å². The maximum Gasteiger partial charge on any atom is 0.320 e. The summed E-state index contributed by atoms with van der Waals surface area (Å²) in [5.74, 6) is 0.353. The molecular weight excluding hydrogens is 278 g/mol. The summed E-state index contributed by atoms with van der Waals surface area (Å²) >= 11 is 6.06. The zero-order valence-corrected chi connectivity index (χ0v) is 13.1. The van der Waals surface area contributed by atoms with Crippen molar-refractivity contribution >= 4 is 17.6 Å². The lowest BCUT2D eigenvalue weighted by molar-refractivity contribution is -0.140. The molecule has 0 spiro atoms. The molecule has 1 aromatic heterocycles. The number of imidazole rings is 1. The Morgan fingerprint density at radius 1 is 1.50 bits per heavy atom. The van der Waals surface area contributed by atoms with Crippen LogP contribution in [-0.4, -0.2) is 27.1 Å². The van der Waals surface area contributed by atoms with E-state index >= 15 is 0 Å². The van der Waals surface area contributed by atoms with Crippen LogP contribution < -0.4 is 5.32 Å². The number of carboxylic acid groups (broad SMARTS) is 1. The number of halogens is 1. The molecule has 1 unspecified atom stereocenters. The van der Waals surface area contributed by atoms with E-state index in [1.807, 2.05) is 13.8 Å². The molecule has 0 aliphatic heterocycles. The summed E-state index contributed by atoms with van der Waals surface area (Å²) in [5, 5.41) is 12.6. The molecule has 0 aromatic carbocycles. The van der Waals surface area contributed by atoms with Crippen molar-refractivity contribution < 1.29 is 9.90 Å². The molecule has 0 radical (unpaired) electrons. The number of carboxylic acids is 1. The summed E-state index contributed by atoms with van der Waals surface area (Å²) < 4.78 is 0. The number of nitrogens with one attached hydrogen (secondary N) is 2. The standard InChI is InChI=1S/C14H24ClN3O2/c1-4-5-6-12-17-11(13(15)18-12)8-16-10(14(19)20)7-9(2)3/h9-10,16H,4-8H2,1-3H3,(H,17,18)(H,19,20). The highest BCUT2D eigenvalue weighted by atomic mass is 35.5. The normalized spacial score (nSPS) is 12.8. The second kappa shape index (κ2) is 8.27. The van der Waals surface area contributed by atoms with E-state index in [1.165, 1.54) is 0 Å². The monoisotopic (exact) mass is 301 g/mol. The summed E-state index contributed by atoms with van der Waals surface area (Å²) in [6.45, 7) is 6.52. The van der Waals surface area contributed by atoms with Crippen LogP contribution in [0.25, 0.3) is 0 Å². The zero-order chi connectivity index (χ0) is 15.1. The lowest BCUT2D eigenvalue weighted by atomic mass is 10.0. The Labute approximate surface area is 125 Å². The first-order chi connectivity index (χ1) is 9.43. The third-order valence-corrected chi connectivity index (χ3v) is 3.39. The number of hydrogen-bond acceptors (Lipinski definition) is 3. The van der Waals surface area contributed by atoms with Crippen LogP contribution >= 0.6 is 11.6 Å². The van der Waals surface area contributed by atoms with E-state index in [1.54, 1.807) is 0 Å². The summed E-state index contributed by atoms with van der Waals surface area (Å²) in [6.07, 6.45) is 3.61. The maximum atomic E-state index is 11.2. The first-order valence-corrected chi connectivity index (χ1v) is 7.51. The van der Waals surface area contributed by atoms with Crippen LogP contribution in [0.3, 0.4) is 0 Å². The van der Waals surface area contributed by atoms with Crippen molar-refractivity contribution in [3.05, 3.63) is 16.7 Å². The van der Waals surface area contributed by atoms with E-state index in [9.17, 15) is 4.79 Å². The molecular formula is C14H24ClN3O2. The molecule has 3 N–H and O–H groups in total. The number of nitrogens with zero attached hydrogens (tertiary/aromatic N) is 1. The van der Waals surface area contributed by atoms with Crippen LogP contribution in [0.1, 0.15) is 51.6 Å². The van der Waals surface area contributed by atoms with Gasteiger partial charge >= 0.3 is 5.97 Å². The first-order valence-electron chi connectivity index (χ1n) is 7.13. The predicted molar refractivity (Wildman–Crippen MR) is 79.9 cm³/mol. The van der Waals surface area contributed by atoms with Crippen molar-refractivity contribution in [2.45, 2.75) is 59.0 Å². The molecule has 0 aliphatic rings. The predicted octanol–water partition coefficient (Wildman–Crippen LogP) is 2.99. The molecule has 1 atom stereocenters. The molecule has 1 aromatic rings. The van der Waals surface area contributed by atoms with E-state index in [0.29, 0.717) is 24.0 Å². The number of aromatic nitrogens is 2. The Hall–Kier alpha value is -1.07. The Balaban J connectivity index is 2.58. The molecule has 0 aliphatic carbocycles. The lowest BCUT2D eigenvalue weighted by Gasteiger charge is -2.15. The van der Waals surface area contributed by atoms with Crippen molar-refractivity contribution in [2.75, 3.05) is 0 Å². The van der Waals surface area contributed by atoms with Gasteiger partial charge in [-0.15, -0.1) is 0 Å². The van der Waals surface area contributed by atoms with E-state index in [2.05, 4.69) is 22.2 Å². The van der Waals surface area contributed by atoms with E-state index < -0.39 is 12.0 Å².